The summed E-state index contributed by atoms with van der Waals surface area (Å²) < 4.78 is 49.4. The topological polar surface area (TPSA) is 131 Å². The smallest absolute Gasteiger partial charge is 0.423 e. The normalized spacial score (nSPS) is 22.7. The maximum Gasteiger partial charge on any atom is 0.423 e. The van der Waals surface area contributed by atoms with E-state index in [-0.39, 0.29) is 11.9 Å². The number of aromatic amines is 1. The molecule has 2 aromatic rings. The van der Waals surface area contributed by atoms with Crippen molar-refractivity contribution in [1.29, 1.82) is 0 Å². The third-order valence-electron chi connectivity index (χ3n) is 4.30. The van der Waals surface area contributed by atoms with Crippen LogP contribution in [0, 0.1) is 0 Å². The number of nitrogens with zero attached hydrogens (tertiary/aromatic N) is 1. The van der Waals surface area contributed by atoms with Gasteiger partial charge < -0.3 is 19.7 Å². The number of alkyl halides is 3. The van der Waals surface area contributed by atoms with Gasteiger partial charge in [0.2, 0.25) is 0 Å². The van der Waals surface area contributed by atoms with Gasteiger partial charge in [-0.25, -0.2) is 9.59 Å². The highest BCUT2D eigenvalue weighted by Crippen LogP contribution is 2.32. The number of aliphatic hydroxyl groups is 2. The van der Waals surface area contributed by atoms with Gasteiger partial charge in [-0.05, 0) is 24.3 Å². The Hall–Kier alpha value is -2.67. The molecular weight excluding hydrogens is 437 g/mol. The fourth-order valence-electron chi connectivity index (χ4n) is 2.85. The van der Waals surface area contributed by atoms with Gasteiger partial charge in [0.1, 0.15) is 23.6 Å². The average Bonchev–Trinajstić information content (AvgIpc) is 3.03. The van der Waals surface area contributed by atoms with Crippen LogP contribution >= 0.6 is 11.6 Å². The van der Waals surface area contributed by atoms with Gasteiger partial charge in [0.25, 0.3) is 5.56 Å². The van der Waals surface area contributed by atoms with Crippen LogP contribution in [-0.2, 0) is 15.7 Å². The van der Waals surface area contributed by atoms with Crippen LogP contribution < -0.4 is 16.0 Å². The Morgan fingerprint density at radius 1 is 1.30 bits per heavy atom. The maximum absolute atomic E-state index is 12.9. The number of rotatable bonds is 4. The van der Waals surface area contributed by atoms with Gasteiger partial charge in [-0.15, -0.1) is 0 Å². The summed E-state index contributed by atoms with van der Waals surface area (Å²) in [5, 5.41) is 20.6. The first-order valence-electron chi connectivity index (χ1n) is 8.39. The lowest BCUT2D eigenvalue weighted by atomic mass is 10.1. The minimum Gasteiger partial charge on any atom is -0.425 e. The molecule has 2 heterocycles. The predicted octanol–water partition coefficient (Wildman–Crippen LogP) is 0.824. The van der Waals surface area contributed by atoms with Gasteiger partial charge in [-0.3, -0.25) is 14.3 Å². The molecule has 1 aliphatic rings. The van der Waals surface area contributed by atoms with E-state index in [0.717, 1.165) is 0 Å². The molecule has 1 unspecified atom stereocenters. The SMILES string of the molecule is O=C(Oc1ccc(Cl)cc1)C(O)[C@H]1O[C@@H](n2cc(C(F)(F)F)c(=O)[nH]c2=O)C[C@@H]1O. The highest BCUT2D eigenvalue weighted by atomic mass is 35.5. The summed E-state index contributed by atoms with van der Waals surface area (Å²) in [7, 11) is 0. The first kappa shape index (κ1) is 22.0. The molecule has 0 aliphatic carbocycles. The molecule has 3 rings (SSSR count). The number of carbonyl (C=O) groups is 1. The molecule has 1 fully saturated rings. The van der Waals surface area contributed by atoms with E-state index in [1.165, 1.54) is 29.2 Å². The van der Waals surface area contributed by atoms with Crippen LogP contribution in [-0.4, -0.2) is 44.0 Å². The summed E-state index contributed by atoms with van der Waals surface area (Å²) in [5.74, 6) is -1.16. The van der Waals surface area contributed by atoms with E-state index in [9.17, 15) is 37.8 Å². The number of aromatic nitrogens is 2. The van der Waals surface area contributed by atoms with Crippen molar-refractivity contribution in [2.45, 2.75) is 37.1 Å². The quantitative estimate of drug-likeness (QED) is 0.464. The van der Waals surface area contributed by atoms with Crippen LogP contribution in [0.15, 0.2) is 40.1 Å². The number of ether oxygens (including phenoxy) is 2. The van der Waals surface area contributed by atoms with E-state index < -0.39 is 59.9 Å². The van der Waals surface area contributed by atoms with Gasteiger partial charge in [-0.2, -0.15) is 13.2 Å². The number of carbonyl (C=O) groups excluding carboxylic acids is 1. The van der Waals surface area contributed by atoms with Crippen LogP contribution in [0.3, 0.4) is 0 Å². The van der Waals surface area contributed by atoms with E-state index >= 15 is 0 Å². The zero-order chi connectivity index (χ0) is 22.2. The van der Waals surface area contributed by atoms with Crippen molar-refractivity contribution in [1.82, 2.24) is 9.55 Å². The van der Waals surface area contributed by atoms with Gasteiger partial charge in [-0.1, -0.05) is 11.6 Å². The number of H-pyrrole nitrogens is 1. The van der Waals surface area contributed by atoms with Crippen molar-refractivity contribution < 1.29 is 37.7 Å². The summed E-state index contributed by atoms with van der Waals surface area (Å²) in [6.45, 7) is 0. The third-order valence-corrected chi connectivity index (χ3v) is 4.56. The first-order chi connectivity index (χ1) is 14.0. The Bertz CT molecular complexity index is 1050. The largest absolute Gasteiger partial charge is 0.425 e. The van der Waals surface area contributed by atoms with E-state index in [1.807, 2.05) is 0 Å². The predicted molar refractivity (Wildman–Crippen MR) is 94.0 cm³/mol. The van der Waals surface area contributed by atoms with E-state index in [2.05, 4.69) is 0 Å². The number of nitrogens with one attached hydrogen (secondary N) is 1. The van der Waals surface area contributed by atoms with Crippen LogP contribution in [0.4, 0.5) is 13.2 Å². The molecule has 0 bridgehead atoms. The molecule has 0 amide bonds. The highest BCUT2D eigenvalue weighted by Gasteiger charge is 2.44. The Kier molecular flexibility index (Phi) is 6.04. The second-order valence-corrected chi connectivity index (χ2v) is 6.82. The van der Waals surface area contributed by atoms with E-state index in [4.69, 9.17) is 21.1 Å². The van der Waals surface area contributed by atoms with Crippen LogP contribution in [0.5, 0.6) is 5.75 Å². The summed E-state index contributed by atoms with van der Waals surface area (Å²) in [6.07, 6.45) is -11.8. The number of benzene rings is 1. The van der Waals surface area contributed by atoms with E-state index in [1.54, 1.807) is 0 Å². The molecule has 1 saturated heterocycles. The molecule has 1 aliphatic heterocycles. The molecule has 1 aromatic heterocycles. The molecule has 3 N–H and O–H groups in total. The van der Waals surface area contributed by atoms with Crippen LogP contribution in [0.1, 0.15) is 18.2 Å². The molecule has 1 aromatic carbocycles. The second-order valence-electron chi connectivity index (χ2n) is 6.39. The Balaban J connectivity index is 1.78. The van der Waals surface area contributed by atoms with Crippen LogP contribution in [0.2, 0.25) is 5.02 Å². The zero-order valence-corrected chi connectivity index (χ0v) is 15.6. The van der Waals surface area contributed by atoms with Gasteiger partial charge in [0.15, 0.2) is 6.10 Å². The summed E-state index contributed by atoms with van der Waals surface area (Å²) in [6, 6.07) is 5.54. The molecule has 9 nitrogen and oxygen atoms in total. The fourth-order valence-corrected chi connectivity index (χ4v) is 2.97. The fraction of sp³-hybridized carbons (Fsp3) is 0.353. The Labute approximate surface area is 170 Å². The van der Waals surface area contributed by atoms with Crippen molar-refractivity contribution >= 4 is 17.6 Å². The molecule has 4 atom stereocenters. The van der Waals surface area contributed by atoms with Crippen molar-refractivity contribution in [3.63, 3.8) is 0 Å². The van der Waals surface area contributed by atoms with Crippen molar-refractivity contribution in [2.24, 2.45) is 0 Å². The standard InChI is InChI=1S/C17H14ClF3N2O7/c18-7-1-3-8(4-2-7)29-15(27)12(25)13-10(24)5-11(30-13)23-6-9(17(19,20)21)14(26)22-16(23)28/h1-4,6,10-13,24-25H,5H2,(H,22,26,28)/t10-,11+,12?,13-/m0/s1. The maximum atomic E-state index is 12.9. The molecular formula is C17H14ClF3N2O7. The van der Waals surface area contributed by atoms with Crippen molar-refractivity contribution in [2.75, 3.05) is 0 Å². The lowest BCUT2D eigenvalue weighted by Gasteiger charge is -2.20. The molecule has 30 heavy (non-hydrogen) atoms. The first-order valence-corrected chi connectivity index (χ1v) is 8.76. The van der Waals surface area contributed by atoms with E-state index in [0.29, 0.717) is 9.59 Å². The van der Waals surface area contributed by atoms with Gasteiger partial charge >= 0.3 is 17.8 Å². The minimum absolute atomic E-state index is 0.0409. The third kappa shape index (κ3) is 4.56. The number of aliphatic hydroxyl groups excluding tert-OH is 2. The lowest BCUT2D eigenvalue weighted by Crippen LogP contribution is -2.42. The molecule has 0 spiro atoms. The highest BCUT2D eigenvalue weighted by molar-refractivity contribution is 6.30. The number of hydrogen-bond donors (Lipinski definition) is 3. The Morgan fingerprint density at radius 3 is 2.53 bits per heavy atom. The van der Waals surface area contributed by atoms with Gasteiger partial charge in [0.05, 0.1) is 6.10 Å². The lowest BCUT2D eigenvalue weighted by molar-refractivity contribution is -0.157. The number of esters is 1. The Morgan fingerprint density at radius 2 is 1.93 bits per heavy atom. The molecule has 0 saturated carbocycles. The summed E-state index contributed by atoms with van der Waals surface area (Å²) in [5.41, 5.74) is -4.50. The number of halogens is 4. The van der Waals surface area contributed by atoms with Crippen molar-refractivity contribution in [3.05, 3.63) is 61.9 Å². The summed E-state index contributed by atoms with van der Waals surface area (Å²) >= 11 is 5.71. The molecule has 162 valence electrons. The average molecular weight is 451 g/mol. The van der Waals surface area contributed by atoms with Gasteiger partial charge in [0, 0.05) is 17.6 Å². The zero-order valence-electron chi connectivity index (χ0n) is 14.8. The summed E-state index contributed by atoms with van der Waals surface area (Å²) in [4.78, 5) is 36.9. The molecule has 13 heteroatoms. The number of hydrogen-bond acceptors (Lipinski definition) is 7. The minimum atomic E-state index is -5.04. The monoisotopic (exact) mass is 450 g/mol. The van der Waals surface area contributed by atoms with Crippen LogP contribution in [0.25, 0.3) is 0 Å². The van der Waals surface area contributed by atoms with Crippen molar-refractivity contribution in [3.8, 4) is 5.75 Å². The molecule has 0 radical (unpaired) electrons. The second kappa shape index (κ2) is 8.22.